The number of benzene rings is 2. The van der Waals surface area contributed by atoms with E-state index in [0.29, 0.717) is 35.3 Å². The van der Waals surface area contributed by atoms with Crippen LogP contribution >= 0.6 is 0 Å². The van der Waals surface area contributed by atoms with Gasteiger partial charge in [0, 0.05) is 36.1 Å². The molecule has 1 aliphatic carbocycles. The molecule has 0 unspecified atom stereocenters. The third-order valence-electron chi connectivity index (χ3n) is 8.60. The minimum absolute atomic E-state index is 0.303. The molecule has 2 heterocycles. The third-order valence-corrected chi connectivity index (χ3v) is 8.60. The molecule has 2 aliphatic heterocycles. The summed E-state index contributed by atoms with van der Waals surface area (Å²) in [7, 11) is 2.38. The Morgan fingerprint density at radius 1 is 1.03 bits per heavy atom. The number of carboxylic acid groups (broad SMARTS) is 1. The summed E-state index contributed by atoms with van der Waals surface area (Å²) in [6.07, 6.45) is 7.62. The van der Waals surface area contributed by atoms with Crippen molar-refractivity contribution in [3.8, 4) is 5.75 Å². The van der Waals surface area contributed by atoms with Crippen LogP contribution in [-0.2, 0) is 17.8 Å². The smallest absolute Gasteiger partial charge is 0.341 e. The molecule has 5 atom stereocenters. The molecule has 0 amide bonds. The maximum absolute atomic E-state index is 10.8. The first-order valence-corrected chi connectivity index (χ1v) is 12.4. The van der Waals surface area contributed by atoms with E-state index < -0.39 is 5.97 Å². The van der Waals surface area contributed by atoms with Gasteiger partial charge in [-0.05, 0) is 56.0 Å². The Labute approximate surface area is 197 Å². The quantitative estimate of drug-likeness (QED) is 0.671. The molecule has 1 saturated carbocycles. The average Bonchev–Trinajstić information content (AvgIpc) is 2.93. The lowest BCUT2D eigenvalue weighted by Crippen LogP contribution is -2.58. The lowest BCUT2D eigenvalue weighted by atomic mass is 9.69. The molecule has 2 saturated heterocycles. The average molecular weight is 449 g/mol. The molecule has 3 aliphatic rings. The van der Waals surface area contributed by atoms with Gasteiger partial charge in [0.25, 0.3) is 0 Å². The predicted molar refractivity (Wildman–Crippen MR) is 129 cm³/mol. The summed E-state index contributed by atoms with van der Waals surface area (Å²) in [5, 5.41) is 8.85. The monoisotopic (exact) mass is 448 g/mol. The number of likely N-dealkylation sites (tertiary alicyclic amines) is 2. The number of piperidine rings is 1. The second-order valence-corrected chi connectivity index (χ2v) is 10.5. The SMILES string of the molecule is CN1[C@H](Cc2ccccc2)[C@@H]2C[C@@]3(C)[C@H](CCCC[C@@H]13)N2Cc1ccc(OCC(=O)O)cc1. The zero-order chi connectivity index (χ0) is 23.0. The maximum Gasteiger partial charge on any atom is 0.341 e. The van der Waals surface area contributed by atoms with E-state index in [-0.39, 0.29) is 6.61 Å². The Morgan fingerprint density at radius 3 is 2.42 bits per heavy atom. The standard InChI is InChI=1S/C28H36N2O3/c1-28-17-24-23(16-20-8-4-3-5-9-20)29(2)25(28)10-6-7-11-26(28)30(24)18-21-12-14-22(15-13-21)33-19-27(31)32/h3-5,8-9,12-15,23-26H,6-7,10-11,16-19H2,1-2H3,(H,31,32)/t23-,24+,25-,26+,28-/m1/s1. The molecule has 176 valence electrons. The summed E-state index contributed by atoms with van der Waals surface area (Å²) in [5.41, 5.74) is 3.04. The zero-order valence-electron chi connectivity index (χ0n) is 19.8. The van der Waals surface area contributed by atoms with E-state index in [1.54, 1.807) is 0 Å². The molecule has 3 fully saturated rings. The molecule has 0 radical (unpaired) electrons. The summed E-state index contributed by atoms with van der Waals surface area (Å²) >= 11 is 0. The topological polar surface area (TPSA) is 53.0 Å². The molecular weight excluding hydrogens is 412 g/mol. The lowest BCUT2D eigenvalue weighted by molar-refractivity contribution is -0.139. The van der Waals surface area contributed by atoms with Crippen LogP contribution in [0.1, 0.15) is 50.2 Å². The molecule has 2 aromatic rings. The number of fused-ring (bicyclic) bond motifs is 1. The van der Waals surface area contributed by atoms with Gasteiger partial charge in [-0.1, -0.05) is 62.2 Å². The van der Waals surface area contributed by atoms with Gasteiger partial charge in [0.05, 0.1) is 0 Å². The summed E-state index contributed by atoms with van der Waals surface area (Å²) in [6, 6.07) is 21.3. The van der Waals surface area contributed by atoms with Crippen molar-refractivity contribution in [1.29, 1.82) is 0 Å². The zero-order valence-corrected chi connectivity index (χ0v) is 19.8. The summed E-state index contributed by atoms with van der Waals surface area (Å²) < 4.78 is 5.34. The van der Waals surface area contributed by atoms with E-state index in [4.69, 9.17) is 9.84 Å². The van der Waals surface area contributed by atoms with Gasteiger partial charge in [-0.25, -0.2) is 4.79 Å². The molecule has 0 spiro atoms. The van der Waals surface area contributed by atoms with E-state index in [0.717, 1.165) is 13.0 Å². The number of nitrogens with zero attached hydrogens (tertiary/aromatic N) is 2. The normalized spacial score (nSPS) is 31.8. The Morgan fingerprint density at radius 2 is 1.73 bits per heavy atom. The number of aliphatic carboxylic acids is 1. The highest BCUT2D eigenvalue weighted by Gasteiger charge is 2.60. The first-order chi connectivity index (χ1) is 16.0. The van der Waals surface area contributed by atoms with Crippen LogP contribution in [0.25, 0.3) is 0 Å². The first kappa shape index (κ1) is 22.4. The van der Waals surface area contributed by atoms with Crippen LogP contribution in [0.15, 0.2) is 54.6 Å². The molecule has 5 heteroatoms. The Kier molecular flexibility index (Phi) is 6.19. The lowest BCUT2D eigenvalue weighted by Gasteiger charge is -2.49. The number of carboxylic acids is 1. The fourth-order valence-corrected chi connectivity index (χ4v) is 7.11. The first-order valence-electron chi connectivity index (χ1n) is 12.4. The van der Waals surface area contributed by atoms with Gasteiger partial charge in [0.2, 0.25) is 0 Å². The van der Waals surface area contributed by atoms with E-state index >= 15 is 0 Å². The van der Waals surface area contributed by atoms with Gasteiger partial charge >= 0.3 is 5.97 Å². The second kappa shape index (κ2) is 9.11. The van der Waals surface area contributed by atoms with Crippen molar-refractivity contribution in [3.63, 3.8) is 0 Å². The van der Waals surface area contributed by atoms with Gasteiger partial charge < -0.3 is 9.84 Å². The van der Waals surface area contributed by atoms with Crippen LogP contribution < -0.4 is 4.74 Å². The van der Waals surface area contributed by atoms with Gasteiger partial charge in [-0.3, -0.25) is 9.80 Å². The largest absolute Gasteiger partial charge is 0.482 e. The number of hydrogen-bond acceptors (Lipinski definition) is 4. The van der Waals surface area contributed by atoms with Crippen LogP contribution in [0.4, 0.5) is 0 Å². The van der Waals surface area contributed by atoms with Crippen LogP contribution in [-0.4, -0.2) is 58.7 Å². The number of hydrogen-bond donors (Lipinski definition) is 1. The summed E-state index contributed by atoms with van der Waals surface area (Å²) in [4.78, 5) is 16.3. The Bertz CT molecular complexity index is 963. The molecule has 33 heavy (non-hydrogen) atoms. The van der Waals surface area contributed by atoms with Gasteiger partial charge in [-0.15, -0.1) is 0 Å². The molecule has 0 aromatic heterocycles. The fourth-order valence-electron chi connectivity index (χ4n) is 7.11. The van der Waals surface area contributed by atoms with Crippen molar-refractivity contribution in [2.75, 3.05) is 13.7 Å². The van der Waals surface area contributed by atoms with Crippen LogP contribution in [0.3, 0.4) is 0 Å². The van der Waals surface area contributed by atoms with Gasteiger partial charge in [0.15, 0.2) is 6.61 Å². The minimum Gasteiger partial charge on any atom is -0.482 e. The highest BCUT2D eigenvalue weighted by molar-refractivity contribution is 5.68. The molecule has 1 N–H and O–H groups in total. The van der Waals surface area contributed by atoms with E-state index in [1.165, 1.54) is 43.2 Å². The Balaban J connectivity index is 1.41. The molecule has 5 rings (SSSR count). The third kappa shape index (κ3) is 4.29. The van der Waals surface area contributed by atoms with Crippen molar-refractivity contribution in [3.05, 3.63) is 65.7 Å². The second-order valence-electron chi connectivity index (χ2n) is 10.5. The summed E-state index contributed by atoms with van der Waals surface area (Å²) in [5.74, 6) is -0.336. The van der Waals surface area contributed by atoms with Crippen molar-refractivity contribution < 1.29 is 14.6 Å². The number of ether oxygens (including phenoxy) is 1. The Hall–Kier alpha value is -2.37. The van der Waals surface area contributed by atoms with Gasteiger partial charge in [0.1, 0.15) is 5.75 Å². The van der Waals surface area contributed by atoms with Crippen molar-refractivity contribution in [2.45, 2.75) is 76.2 Å². The number of carbonyl (C=O) groups is 1. The number of likely N-dealkylation sites (N-methyl/N-ethyl adjacent to an activating group) is 1. The fraction of sp³-hybridized carbons (Fsp3) is 0.536. The minimum atomic E-state index is -0.951. The molecular formula is C28H36N2O3. The molecule has 5 nitrogen and oxygen atoms in total. The van der Waals surface area contributed by atoms with Crippen molar-refractivity contribution in [1.82, 2.24) is 9.80 Å². The molecule has 2 aromatic carbocycles. The number of rotatable bonds is 7. The predicted octanol–water partition coefficient (Wildman–Crippen LogP) is 4.60. The summed E-state index contributed by atoms with van der Waals surface area (Å²) in [6.45, 7) is 3.19. The van der Waals surface area contributed by atoms with E-state index in [2.05, 4.69) is 66.2 Å². The molecule has 2 bridgehead atoms. The maximum atomic E-state index is 10.8. The van der Waals surface area contributed by atoms with E-state index in [9.17, 15) is 4.79 Å². The van der Waals surface area contributed by atoms with Crippen molar-refractivity contribution >= 4 is 5.97 Å². The van der Waals surface area contributed by atoms with Gasteiger partial charge in [-0.2, -0.15) is 0 Å². The van der Waals surface area contributed by atoms with E-state index in [1.807, 2.05) is 12.1 Å². The van der Waals surface area contributed by atoms with Crippen LogP contribution in [0.2, 0.25) is 0 Å². The van der Waals surface area contributed by atoms with Crippen LogP contribution in [0, 0.1) is 5.41 Å². The highest BCUT2D eigenvalue weighted by atomic mass is 16.5. The van der Waals surface area contributed by atoms with Crippen molar-refractivity contribution in [2.24, 2.45) is 5.41 Å². The van der Waals surface area contributed by atoms with Crippen LogP contribution in [0.5, 0.6) is 5.75 Å². The highest BCUT2D eigenvalue weighted by Crippen LogP contribution is 2.55.